The zero-order valence-corrected chi connectivity index (χ0v) is 17.4. The lowest BCUT2D eigenvalue weighted by atomic mass is 9.93. The van der Waals surface area contributed by atoms with Crippen molar-refractivity contribution in [2.45, 2.75) is 96.2 Å². The van der Waals surface area contributed by atoms with E-state index in [1.54, 1.807) is 0 Å². The van der Waals surface area contributed by atoms with Gasteiger partial charge in [0.25, 0.3) is 0 Å². The second kappa shape index (κ2) is 8.99. The normalized spacial score (nSPS) is 25.4. The molecular weight excluding hydrogens is 336 g/mol. The Kier molecular flexibility index (Phi) is 6.43. The molecule has 1 unspecified atom stereocenters. The van der Waals surface area contributed by atoms with E-state index in [4.69, 9.17) is 0 Å². The number of aromatic nitrogens is 4. The first-order valence-corrected chi connectivity index (χ1v) is 11.5. The molecule has 1 atom stereocenters. The van der Waals surface area contributed by atoms with Gasteiger partial charge in [-0.25, -0.2) is 4.68 Å². The first-order valence-electron chi connectivity index (χ1n) is 11.5. The fourth-order valence-corrected chi connectivity index (χ4v) is 5.55. The van der Waals surface area contributed by atoms with Gasteiger partial charge in [-0.1, -0.05) is 46.0 Å². The third kappa shape index (κ3) is 4.53. The highest BCUT2D eigenvalue weighted by molar-refractivity contribution is 4.98. The summed E-state index contributed by atoms with van der Waals surface area (Å²) in [5.41, 5.74) is 0. The lowest BCUT2D eigenvalue weighted by molar-refractivity contribution is 0.0462. The van der Waals surface area contributed by atoms with Crippen LogP contribution in [0.15, 0.2) is 0 Å². The fourth-order valence-electron chi connectivity index (χ4n) is 5.55. The molecule has 4 rings (SSSR count). The molecule has 0 aromatic carbocycles. The van der Waals surface area contributed by atoms with Gasteiger partial charge in [0, 0.05) is 32.2 Å². The number of tetrazole rings is 1. The van der Waals surface area contributed by atoms with Gasteiger partial charge in [0.1, 0.15) is 0 Å². The molecule has 1 aliphatic heterocycles. The molecular formula is C21H38N6. The van der Waals surface area contributed by atoms with Crippen LogP contribution in [0.3, 0.4) is 0 Å². The van der Waals surface area contributed by atoms with Crippen molar-refractivity contribution in [1.82, 2.24) is 30.0 Å². The van der Waals surface area contributed by atoms with Crippen LogP contribution in [0.4, 0.5) is 0 Å². The van der Waals surface area contributed by atoms with Gasteiger partial charge >= 0.3 is 0 Å². The van der Waals surface area contributed by atoms with E-state index < -0.39 is 0 Å². The van der Waals surface area contributed by atoms with Gasteiger partial charge in [0.2, 0.25) is 0 Å². The average molecular weight is 375 g/mol. The largest absolute Gasteiger partial charge is 0.298 e. The van der Waals surface area contributed by atoms with Crippen LogP contribution in [0, 0.1) is 5.92 Å². The van der Waals surface area contributed by atoms with E-state index in [9.17, 15) is 0 Å². The van der Waals surface area contributed by atoms with Gasteiger partial charge in [-0.05, 0) is 48.4 Å². The van der Waals surface area contributed by atoms with Crippen molar-refractivity contribution in [2.24, 2.45) is 5.92 Å². The van der Waals surface area contributed by atoms with Gasteiger partial charge in [-0.3, -0.25) is 9.80 Å². The Balaban J connectivity index is 1.44. The van der Waals surface area contributed by atoms with Crippen LogP contribution in [0.1, 0.15) is 96.0 Å². The molecule has 1 aromatic rings. The average Bonchev–Trinajstić information content (AvgIpc) is 3.38. The molecule has 0 radical (unpaired) electrons. The summed E-state index contributed by atoms with van der Waals surface area (Å²) >= 11 is 0. The Morgan fingerprint density at radius 1 is 0.852 bits per heavy atom. The molecule has 2 heterocycles. The third-order valence-corrected chi connectivity index (χ3v) is 7.06. The molecule has 3 fully saturated rings. The monoisotopic (exact) mass is 374 g/mol. The van der Waals surface area contributed by atoms with E-state index >= 15 is 0 Å². The summed E-state index contributed by atoms with van der Waals surface area (Å²) in [6.45, 7) is 9.40. The second-order valence-electron chi connectivity index (χ2n) is 9.43. The van der Waals surface area contributed by atoms with Crippen LogP contribution in [0.2, 0.25) is 0 Å². The summed E-state index contributed by atoms with van der Waals surface area (Å²) in [6, 6.07) is 1.73. The molecule has 0 N–H and O–H groups in total. The molecule has 1 saturated heterocycles. The van der Waals surface area contributed by atoms with Crippen LogP contribution in [0.5, 0.6) is 0 Å². The quantitative estimate of drug-likeness (QED) is 0.757. The van der Waals surface area contributed by atoms with Crippen LogP contribution in [0.25, 0.3) is 0 Å². The first kappa shape index (κ1) is 19.3. The molecule has 6 heteroatoms. The number of hydrogen-bond donors (Lipinski definition) is 0. The minimum absolute atomic E-state index is 0.370. The molecule has 152 valence electrons. The summed E-state index contributed by atoms with van der Waals surface area (Å²) in [4.78, 5) is 5.44. The van der Waals surface area contributed by atoms with E-state index in [0.717, 1.165) is 31.4 Å². The Labute approximate surface area is 164 Å². The summed E-state index contributed by atoms with van der Waals surface area (Å²) in [5.74, 6) is 1.78. The summed E-state index contributed by atoms with van der Waals surface area (Å²) < 4.78 is 2.19. The Morgan fingerprint density at radius 3 is 2.15 bits per heavy atom. The fraction of sp³-hybridized carbons (Fsp3) is 0.952. The van der Waals surface area contributed by atoms with E-state index in [1.165, 1.54) is 70.9 Å². The number of hydrogen-bond acceptors (Lipinski definition) is 5. The predicted molar refractivity (Wildman–Crippen MR) is 108 cm³/mol. The Hall–Kier alpha value is -1.01. The van der Waals surface area contributed by atoms with Crippen molar-refractivity contribution < 1.29 is 0 Å². The SMILES string of the molecule is CC(C)CC(c1nnnn1C1CCCC1)N1CCN(C2CCCCC2)CC1. The van der Waals surface area contributed by atoms with E-state index in [0.29, 0.717) is 18.0 Å². The Bertz CT molecular complexity index is 565. The van der Waals surface area contributed by atoms with Crippen molar-refractivity contribution in [1.29, 1.82) is 0 Å². The van der Waals surface area contributed by atoms with Crippen LogP contribution in [-0.4, -0.2) is 62.2 Å². The van der Waals surface area contributed by atoms with Crippen LogP contribution < -0.4 is 0 Å². The Morgan fingerprint density at radius 2 is 1.48 bits per heavy atom. The standard InChI is InChI=1S/C21H38N6/c1-17(2)16-20(21-22-23-24-27(21)19-10-6-7-11-19)26-14-12-25(13-15-26)18-8-4-3-5-9-18/h17-20H,3-16H2,1-2H3. The molecule has 27 heavy (non-hydrogen) atoms. The molecule has 2 aliphatic carbocycles. The number of nitrogens with zero attached hydrogens (tertiary/aromatic N) is 6. The smallest absolute Gasteiger partial charge is 0.168 e. The second-order valence-corrected chi connectivity index (χ2v) is 9.43. The van der Waals surface area contributed by atoms with Gasteiger partial charge in [-0.2, -0.15) is 0 Å². The highest BCUT2D eigenvalue weighted by atomic mass is 15.6. The molecule has 1 aromatic heterocycles. The zero-order valence-electron chi connectivity index (χ0n) is 17.4. The van der Waals surface area contributed by atoms with Crippen LogP contribution >= 0.6 is 0 Å². The van der Waals surface area contributed by atoms with Gasteiger partial charge in [0.15, 0.2) is 5.82 Å². The van der Waals surface area contributed by atoms with E-state index in [-0.39, 0.29) is 0 Å². The minimum atomic E-state index is 0.370. The molecule has 0 amide bonds. The third-order valence-electron chi connectivity index (χ3n) is 7.06. The van der Waals surface area contributed by atoms with Crippen molar-refractivity contribution in [2.75, 3.05) is 26.2 Å². The molecule has 2 saturated carbocycles. The van der Waals surface area contributed by atoms with E-state index in [1.807, 2.05) is 0 Å². The molecule has 0 bridgehead atoms. The minimum Gasteiger partial charge on any atom is -0.298 e. The van der Waals surface area contributed by atoms with E-state index in [2.05, 4.69) is 43.9 Å². The number of rotatable bonds is 6. The van der Waals surface area contributed by atoms with Gasteiger partial charge in [0.05, 0.1) is 12.1 Å². The van der Waals surface area contributed by atoms with Crippen molar-refractivity contribution in [3.05, 3.63) is 5.82 Å². The van der Waals surface area contributed by atoms with Gasteiger partial charge in [-0.15, -0.1) is 5.10 Å². The topological polar surface area (TPSA) is 50.1 Å². The maximum atomic E-state index is 4.54. The first-order chi connectivity index (χ1) is 13.2. The highest BCUT2D eigenvalue weighted by Crippen LogP contribution is 2.34. The summed E-state index contributed by atoms with van der Waals surface area (Å²) in [7, 11) is 0. The number of piperazine rings is 1. The lowest BCUT2D eigenvalue weighted by Gasteiger charge is -2.43. The zero-order chi connectivity index (χ0) is 18.6. The maximum absolute atomic E-state index is 4.54. The van der Waals surface area contributed by atoms with Gasteiger partial charge < -0.3 is 0 Å². The van der Waals surface area contributed by atoms with Crippen molar-refractivity contribution in [3.63, 3.8) is 0 Å². The molecule has 6 nitrogen and oxygen atoms in total. The van der Waals surface area contributed by atoms with Crippen molar-refractivity contribution >= 4 is 0 Å². The molecule has 3 aliphatic rings. The van der Waals surface area contributed by atoms with Crippen molar-refractivity contribution in [3.8, 4) is 0 Å². The highest BCUT2D eigenvalue weighted by Gasteiger charge is 2.33. The lowest BCUT2D eigenvalue weighted by Crippen LogP contribution is -2.52. The van der Waals surface area contributed by atoms with Crippen LogP contribution in [-0.2, 0) is 0 Å². The molecule has 0 spiro atoms. The summed E-state index contributed by atoms with van der Waals surface area (Å²) in [6.07, 6.45) is 13.4. The predicted octanol–water partition coefficient (Wildman–Crippen LogP) is 3.83. The maximum Gasteiger partial charge on any atom is 0.168 e. The summed E-state index contributed by atoms with van der Waals surface area (Å²) in [5, 5.41) is 13.1.